The monoisotopic (exact) mass is 289 g/mol. The van der Waals surface area contributed by atoms with E-state index in [1.54, 1.807) is 6.07 Å². The van der Waals surface area contributed by atoms with Crippen molar-refractivity contribution in [2.45, 2.75) is 51.9 Å². The van der Waals surface area contributed by atoms with Gasteiger partial charge in [0, 0.05) is 37.8 Å². The molecule has 0 aromatic carbocycles. The fourth-order valence-electron chi connectivity index (χ4n) is 3.42. The smallest absolute Gasteiger partial charge is 0.289 e. The molecule has 0 N–H and O–H groups in total. The molecule has 2 aliphatic rings. The van der Waals surface area contributed by atoms with Gasteiger partial charge in [0.05, 0.1) is 0 Å². The molecule has 3 rings (SSSR count). The number of amides is 1. The highest BCUT2D eigenvalue weighted by Crippen LogP contribution is 2.43. The van der Waals surface area contributed by atoms with Gasteiger partial charge < -0.3 is 9.32 Å². The summed E-state index contributed by atoms with van der Waals surface area (Å²) in [5, 5.41) is 0. The zero-order valence-corrected chi connectivity index (χ0v) is 12.7. The van der Waals surface area contributed by atoms with Crippen LogP contribution in [0.3, 0.4) is 0 Å². The molecule has 4 heteroatoms. The van der Waals surface area contributed by atoms with Gasteiger partial charge in [0.15, 0.2) is 5.76 Å². The van der Waals surface area contributed by atoms with Crippen molar-refractivity contribution in [3.8, 4) is 0 Å². The first-order chi connectivity index (χ1) is 10.1. The summed E-state index contributed by atoms with van der Waals surface area (Å²) >= 11 is 0. The van der Waals surface area contributed by atoms with Gasteiger partial charge in [-0.2, -0.15) is 0 Å². The number of carbonyl (C=O) groups is 2. The van der Waals surface area contributed by atoms with E-state index in [1.165, 1.54) is 0 Å². The fraction of sp³-hybridized carbons (Fsp3) is 0.647. The van der Waals surface area contributed by atoms with Crippen molar-refractivity contribution in [2.75, 3.05) is 13.1 Å². The highest BCUT2D eigenvalue weighted by Gasteiger charge is 2.47. The quantitative estimate of drug-likeness (QED) is 0.855. The second kappa shape index (κ2) is 5.66. The third kappa shape index (κ3) is 2.89. The Morgan fingerprint density at radius 2 is 2.00 bits per heavy atom. The summed E-state index contributed by atoms with van der Waals surface area (Å²) in [6.07, 6.45) is 6.36. The number of nitrogens with zero attached hydrogens (tertiary/aromatic N) is 1. The van der Waals surface area contributed by atoms with E-state index in [0.717, 1.165) is 51.0 Å². The number of Topliss-reactive ketones (excluding diaryl/α,β-unsaturated/α-hetero) is 1. The van der Waals surface area contributed by atoms with Crippen LogP contribution in [-0.2, 0) is 11.2 Å². The van der Waals surface area contributed by atoms with Crippen molar-refractivity contribution in [3.05, 3.63) is 23.7 Å². The summed E-state index contributed by atoms with van der Waals surface area (Å²) in [5.41, 5.74) is 0.210. The normalized spacial score (nSPS) is 20.6. The highest BCUT2D eigenvalue weighted by atomic mass is 16.4. The molecule has 1 aromatic heterocycles. The minimum Gasteiger partial charge on any atom is -0.456 e. The summed E-state index contributed by atoms with van der Waals surface area (Å²) in [6.45, 7) is 3.71. The topological polar surface area (TPSA) is 50.5 Å². The Morgan fingerprint density at radius 3 is 2.67 bits per heavy atom. The van der Waals surface area contributed by atoms with Crippen LogP contribution in [0.15, 0.2) is 16.5 Å². The molecule has 2 heterocycles. The number of hydrogen-bond donors (Lipinski definition) is 0. The molecule has 0 atom stereocenters. The SMILES string of the molecule is CCCCc1ccc(C(=O)N2CC3(CCC(=O)CC3)C2)o1. The summed E-state index contributed by atoms with van der Waals surface area (Å²) in [5.74, 6) is 1.74. The standard InChI is InChI=1S/C17H23NO3/c1-2-3-4-14-5-6-15(21-14)16(20)18-11-17(12-18)9-7-13(19)8-10-17/h5-6H,2-4,7-12H2,1H3. The molecule has 1 saturated heterocycles. The van der Waals surface area contributed by atoms with Crippen molar-refractivity contribution >= 4 is 11.7 Å². The number of carbonyl (C=O) groups excluding carboxylic acids is 2. The lowest BCUT2D eigenvalue weighted by molar-refractivity contribution is -0.125. The number of likely N-dealkylation sites (tertiary alicyclic amines) is 1. The second-order valence-electron chi connectivity index (χ2n) is 6.57. The maximum Gasteiger partial charge on any atom is 0.289 e. The maximum absolute atomic E-state index is 12.4. The summed E-state index contributed by atoms with van der Waals surface area (Å²) in [7, 11) is 0. The van der Waals surface area contributed by atoms with Crippen LogP contribution < -0.4 is 0 Å². The molecule has 0 radical (unpaired) electrons. The fourth-order valence-corrected chi connectivity index (χ4v) is 3.42. The van der Waals surface area contributed by atoms with Crippen molar-refractivity contribution in [1.29, 1.82) is 0 Å². The Balaban J connectivity index is 1.55. The van der Waals surface area contributed by atoms with Crippen LogP contribution in [0.1, 0.15) is 61.8 Å². The van der Waals surface area contributed by atoms with Crippen LogP contribution in [0, 0.1) is 5.41 Å². The van der Waals surface area contributed by atoms with Crippen LogP contribution in [0.2, 0.25) is 0 Å². The van der Waals surface area contributed by atoms with Crippen molar-refractivity contribution < 1.29 is 14.0 Å². The van der Waals surface area contributed by atoms with Gasteiger partial charge in [0.1, 0.15) is 11.5 Å². The van der Waals surface area contributed by atoms with Gasteiger partial charge in [-0.05, 0) is 31.4 Å². The molecular weight excluding hydrogens is 266 g/mol. The van der Waals surface area contributed by atoms with Gasteiger partial charge in [-0.25, -0.2) is 0 Å². The lowest BCUT2D eigenvalue weighted by Gasteiger charge is -2.51. The largest absolute Gasteiger partial charge is 0.456 e. The van der Waals surface area contributed by atoms with Gasteiger partial charge >= 0.3 is 0 Å². The van der Waals surface area contributed by atoms with E-state index in [4.69, 9.17) is 4.42 Å². The molecule has 0 unspecified atom stereocenters. The van der Waals surface area contributed by atoms with E-state index >= 15 is 0 Å². The van der Waals surface area contributed by atoms with Crippen LogP contribution in [0.25, 0.3) is 0 Å². The zero-order chi connectivity index (χ0) is 14.9. The Labute approximate surface area is 125 Å². The molecule has 1 aliphatic carbocycles. The van der Waals surface area contributed by atoms with E-state index in [0.29, 0.717) is 24.4 Å². The van der Waals surface area contributed by atoms with E-state index in [9.17, 15) is 9.59 Å². The number of rotatable bonds is 4. The predicted octanol–water partition coefficient (Wildman–Crippen LogP) is 3.21. The first-order valence-corrected chi connectivity index (χ1v) is 8.02. The van der Waals surface area contributed by atoms with E-state index in [-0.39, 0.29) is 11.3 Å². The Morgan fingerprint density at radius 1 is 1.29 bits per heavy atom. The van der Waals surface area contributed by atoms with Crippen LogP contribution in [0.5, 0.6) is 0 Å². The molecule has 21 heavy (non-hydrogen) atoms. The van der Waals surface area contributed by atoms with E-state index in [1.807, 2.05) is 11.0 Å². The molecule has 2 fully saturated rings. The van der Waals surface area contributed by atoms with Gasteiger partial charge in [-0.1, -0.05) is 13.3 Å². The third-order valence-electron chi connectivity index (χ3n) is 4.86. The lowest BCUT2D eigenvalue weighted by atomic mass is 9.68. The molecular formula is C17H23NO3. The Bertz CT molecular complexity index is 528. The van der Waals surface area contributed by atoms with Gasteiger partial charge in [-0.3, -0.25) is 9.59 Å². The van der Waals surface area contributed by atoms with Crippen LogP contribution >= 0.6 is 0 Å². The first kappa shape index (κ1) is 14.4. The van der Waals surface area contributed by atoms with Gasteiger partial charge in [0.25, 0.3) is 5.91 Å². The third-order valence-corrected chi connectivity index (χ3v) is 4.86. The van der Waals surface area contributed by atoms with Crippen molar-refractivity contribution in [1.82, 2.24) is 4.90 Å². The number of unbranched alkanes of at least 4 members (excludes halogenated alkanes) is 1. The Hall–Kier alpha value is -1.58. The molecule has 1 amide bonds. The first-order valence-electron chi connectivity index (χ1n) is 8.02. The summed E-state index contributed by atoms with van der Waals surface area (Å²) in [6, 6.07) is 3.71. The van der Waals surface area contributed by atoms with E-state index < -0.39 is 0 Å². The predicted molar refractivity (Wildman–Crippen MR) is 79.1 cm³/mol. The number of ketones is 1. The molecule has 1 saturated carbocycles. The molecule has 1 aliphatic heterocycles. The maximum atomic E-state index is 12.4. The molecule has 1 spiro atoms. The lowest BCUT2D eigenvalue weighted by Crippen LogP contribution is -2.59. The average Bonchev–Trinajstić information content (AvgIpc) is 2.92. The Kier molecular flexibility index (Phi) is 3.87. The molecule has 0 bridgehead atoms. The highest BCUT2D eigenvalue weighted by molar-refractivity contribution is 5.92. The number of furan rings is 1. The minimum atomic E-state index is 0.000253. The second-order valence-corrected chi connectivity index (χ2v) is 6.57. The van der Waals surface area contributed by atoms with Crippen LogP contribution in [-0.4, -0.2) is 29.7 Å². The average molecular weight is 289 g/mol. The molecule has 4 nitrogen and oxygen atoms in total. The minimum absolute atomic E-state index is 0.000253. The van der Waals surface area contributed by atoms with Crippen molar-refractivity contribution in [2.24, 2.45) is 5.41 Å². The summed E-state index contributed by atoms with van der Waals surface area (Å²) < 4.78 is 5.65. The van der Waals surface area contributed by atoms with Crippen molar-refractivity contribution in [3.63, 3.8) is 0 Å². The van der Waals surface area contributed by atoms with Gasteiger partial charge in [-0.15, -0.1) is 0 Å². The summed E-state index contributed by atoms with van der Waals surface area (Å²) in [4.78, 5) is 25.6. The van der Waals surface area contributed by atoms with E-state index in [2.05, 4.69) is 6.92 Å². The zero-order valence-electron chi connectivity index (χ0n) is 12.7. The molecule has 1 aromatic rings. The van der Waals surface area contributed by atoms with Crippen LogP contribution in [0.4, 0.5) is 0 Å². The van der Waals surface area contributed by atoms with Gasteiger partial charge in [0.2, 0.25) is 0 Å². The molecule has 114 valence electrons. The number of hydrogen-bond acceptors (Lipinski definition) is 3. The number of aryl methyl sites for hydroxylation is 1.